The Morgan fingerprint density at radius 3 is 2.44 bits per heavy atom. The number of nitro groups is 1. The number of nitrogens with zero attached hydrogens (tertiary/aromatic N) is 3. The molecule has 1 amide bonds. The molecule has 3 aromatic rings. The Kier molecular flexibility index (Phi) is 6.56. The van der Waals surface area contributed by atoms with E-state index in [0.29, 0.717) is 0 Å². The Morgan fingerprint density at radius 2 is 1.75 bits per heavy atom. The molecule has 0 atom stereocenters. The monoisotopic (exact) mass is 430 g/mol. The number of non-ortho nitro benzene ring substituents is 1. The summed E-state index contributed by atoms with van der Waals surface area (Å²) in [5.74, 6) is -0.101. The summed E-state index contributed by atoms with van der Waals surface area (Å²) in [6.07, 6.45) is 1.53. The largest absolute Gasteiger partial charge is 0.299 e. The lowest BCUT2D eigenvalue weighted by Crippen LogP contribution is -2.39. The molecule has 4 rings (SSSR count). The molecule has 0 unspecified atom stereocenters. The van der Waals surface area contributed by atoms with Gasteiger partial charge in [0.25, 0.3) is 5.69 Å². The van der Waals surface area contributed by atoms with Crippen molar-refractivity contribution >= 4 is 28.1 Å². The van der Waals surface area contributed by atoms with Crippen molar-refractivity contribution in [2.45, 2.75) is 26.3 Å². The number of carbonyl (C=O) groups is 1. The van der Waals surface area contributed by atoms with Crippen LogP contribution in [0.4, 0.5) is 5.69 Å². The zero-order chi connectivity index (χ0) is 22.5. The fourth-order valence-electron chi connectivity index (χ4n) is 4.04. The first-order chi connectivity index (χ1) is 15.5. The molecule has 1 saturated heterocycles. The van der Waals surface area contributed by atoms with Crippen LogP contribution >= 0.6 is 0 Å². The van der Waals surface area contributed by atoms with Crippen molar-refractivity contribution in [3.05, 3.63) is 88.0 Å². The molecule has 1 fully saturated rings. The number of hydrazone groups is 1. The number of carbonyl (C=O) groups excluding carboxylic acids is 1. The first-order valence-electron chi connectivity index (χ1n) is 10.8. The quantitative estimate of drug-likeness (QED) is 0.354. The minimum Gasteiger partial charge on any atom is -0.299 e. The van der Waals surface area contributed by atoms with Crippen molar-refractivity contribution in [2.24, 2.45) is 11.0 Å². The highest BCUT2D eigenvalue weighted by Gasteiger charge is 2.25. The fraction of sp³-hybridized carbons (Fsp3) is 0.280. The minimum absolute atomic E-state index is 0.0416. The Balaban J connectivity index is 1.28. The van der Waals surface area contributed by atoms with Crippen LogP contribution < -0.4 is 5.43 Å². The number of benzene rings is 3. The Labute approximate surface area is 186 Å². The third kappa shape index (κ3) is 5.18. The SMILES string of the molecule is C/C(=N/NC(=O)C1CCN(Cc2ccc([N+](=O)[O-])cc2)CC1)c1ccc2ccccc2c1. The van der Waals surface area contributed by atoms with Crippen molar-refractivity contribution in [3.8, 4) is 0 Å². The van der Waals surface area contributed by atoms with E-state index in [-0.39, 0.29) is 17.5 Å². The second kappa shape index (κ2) is 9.70. The molecule has 0 spiro atoms. The van der Waals surface area contributed by atoms with E-state index in [0.717, 1.165) is 54.7 Å². The number of piperidine rings is 1. The van der Waals surface area contributed by atoms with E-state index in [1.807, 2.05) is 25.1 Å². The number of nitro benzene ring substituents is 1. The van der Waals surface area contributed by atoms with Gasteiger partial charge < -0.3 is 0 Å². The highest BCUT2D eigenvalue weighted by Crippen LogP contribution is 2.21. The zero-order valence-electron chi connectivity index (χ0n) is 18.0. The molecule has 1 aliphatic rings. The van der Waals surface area contributed by atoms with Crippen LogP contribution in [0.3, 0.4) is 0 Å². The molecule has 7 heteroatoms. The molecule has 1 N–H and O–H groups in total. The maximum absolute atomic E-state index is 12.6. The Bertz CT molecular complexity index is 1150. The van der Waals surface area contributed by atoms with Gasteiger partial charge in [0.2, 0.25) is 5.91 Å². The highest BCUT2D eigenvalue weighted by molar-refractivity contribution is 6.02. The van der Waals surface area contributed by atoms with Crippen molar-refractivity contribution in [2.75, 3.05) is 13.1 Å². The van der Waals surface area contributed by atoms with Gasteiger partial charge in [-0.2, -0.15) is 5.10 Å². The molecule has 0 bridgehead atoms. The lowest BCUT2D eigenvalue weighted by atomic mass is 9.96. The molecular formula is C25H26N4O3. The summed E-state index contributed by atoms with van der Waals surface area (Å²) in [5, 5.41) is 17.4. The number of hydrogen-bond donors (Lipinski definition) is 1. The molecular weight excluding hydrogens is 404 g/mol. The fourth-order valence-corrected chi connectivity index (χ4v) is 4.04. The van der Waals surface area contributed by atoms with Gasteiger partial charge in [0.15, 0.2) is 0 Å². The van der Waals surface area contributed by atoms with E-state index in [9.17, 15) is 14.9 Å². The van der Waals surface area contributed by atoms with Gasteiger partial charge in [-0.3, -0.25) is 19.8 Å². The van der Waals surface area contributed by atoms with E-state index in [1.165, 1.54) is 17.5 Å². The summed E-state index contributed by atoms with van der Waals surface area (Å²) in [5.41, 5.74) is 5.65. The lowest BCUT2D eigenvalue weighted by molar-refractivity contribution is -0.384. The third-order valence-electron chi connectivity index (χ3n) is 6.01. The summed E-state index contributed by atoms with van der Waals surface area (Å²) in [4.78, 5) is 25.3. The number of amides is 1. The van der Waals surface area contributed by atoms with Gasteiger partial charge in [0.1, 0.15) is 0 Å². The van der Waals surface area contributed by atoms with Crippen LogP contribution in [0.15, 0.2) is 71.8 Å². The van der Waals surface area contributed by atoms with Gasteiger partial charge in [-0.25, -0.2) is 5.43 Å². The maximum atomic E-state index is 12.6. The van der Waals surface area contributed by atoms with Crippen LogP contribution in [-0.4, -0.2) is 34.5 Å². The van der Waals surface area contributed by atoms with Gasteiger partial charge >= 0.3 is 0 Å². The highest BCUT2D eigenvalue weighted by atomic mass is 16.6. The average Bonchev–Trinajstić information content (AvgIpc) is 2.82. The molecule has 0 aliphatic carbocycles. The summed E-state index contributed by atoms with van der Waals surface area (Å²) in [6, 6.07) is 21.0. The van der Waals surface area contributed by atoms with Crippen LogP contribution in [0.2, 0.25) is 0 Å². The number of hydrogen-bond acceptors (Lipinski definition) is 5. The van der Waals surface area contributed by atoms with E-state index in [4.69, 9.17) is 0 Å². The molecule has 32 heavy (non-hydrogen) atoms. The molecule has 3 aromatic carbocycles. The topological polar surface area (TPSA) is 87.8 Å². The number of nitrogens with one attached hydrogen (secondary N) is 1. The molecule has 1 heterocycles. The van der Waals surface area contributed by atoms with Crippen LogP contribution in [-0.2, 0) is 11.3 Å². The molecule has 0 saturated carbocycles. The number of fused-ring (bicyclic) bond motifs is 1. The Hall–Kier alpha value is -3.58. The van der Waals surface area contributed by atoms with Crippen molar-refractivity contribution in [1.29, 1.82) is 0 Å². The van der Waals surface area contributed by atoms with E-state index in [2.05, 4.69) is 39.7 Å². The van der Waals surface area contributed by atoms with E-state index in [1.54, 1.807) is 12.1 Å². The van der Waals surface area contributed by atoms with Gasteiger partial charge in [-0.1, -0.05) is 48.5 Å². The van der Waals surface area contributed by atoms with E-state index >= 15 is 0 Å². The first kappa shape index (κ1) is 21.6. The van der Waals surface area contributed by atoms with Crippen molar-refractivity contribution in [3.63, 3.8) is 0 Å². The molecule has 164 valence electrons. The van der Waals surface area contributed by atoms with Crippen molar-refractivity contribution in [1.82, 2.24) is 10.3 Å². The second-order valence-corrected chi connectivity index (χ2v) is 8.21. The molecule has 0 aromatic heterocycles. The minimum atomic E-state index is -0.391. The second-order valence-electron chi connectivity index (χ2n) is 8.21. The van der Waals surface area contributed by atoms with Crippen LogP contribution in [0, 0.1) is 16.0 Å². The van der Waals surface area contributed by atoms with Crippen LogP contribution in [0.1, 0.15) is 30.9 Å². The third-order valence-corrected chi connectivity index (χ3v) is 6.01. The molecule has 0 radical (unpaired) electrons. The van der Waals surface area contributed by atoms with Crippen LogP contribution in [0.5, 0.6) is 0 Å². The van der Waals surface area contributed by atoms with E-state index < -0.39 is 4.92 Å². The zero-order valence-corrected chi connectivity index (χ0v) is 18.0. The summed E-state index contributed by atoms with van der Waals surface area (Å²) >= 11 is 0. The van der Waals surface area contributed by atoms with Gasteiger partial charge in [-0.15, -0.1) is 0 Å². The summed E-state index contributed by atoms with van der Waals surface area (Å²) in [7, 11) is 0. The predicted octanol–water partition coefficient (Wildman–Crippen LogP) is 4.50. The number of likely N-dealkylation sites (tertiary alicyclic amines) is 1. The average molecular weight is 431 g/mol. The summed E-state index contributed by atoms with van der Waals surface area (Å²) in [6.45, 7) is 4.24. The standard InChI is InChI=1S/C25H26N4O3/c1-18(22-9-8-20-4-2-3-5-23(20)16-22)26-27-25(30)21-12-14-28(15-13-21)17-19-6-10-24(11-7-19)29(31)32/h2-11,16,21H,12-15,17H2,1H3,(H,27,30)/b26-18-. The molecule has 7 nitrogen and oxygen atoms in total. The van der Waals surface area contributed by atoms with Gasteiger partial charge in [0, 0.05) is 24.6 Å². The lowest BCUT2D eigenvalue weighted by Gasteiger charge is -2.30. The Morgan fingerprint density at radius 1 is 1.06 bits per heavy atom. The van der Waals surface area contributed by atoms with Crippen LogP contribution in [0.25, 0.3) is 10.8 Å². The normalized spacial score (nSPS) is 15.6. The smallest absolute Gasteiger partial charge is 0.269 e. The molecule has 1 aliphatic heterocycles. The predicted molar refractivity (Wildman–Crippen MR) is 125 cm³/mol. The maximum Gasteiger partial charge on any atom is 0.269 e. The van der Waals surface area contributed by atoms with Crippen molar-refractivity contribution < 1.29 is 9.72 Å². The van der Waals surface area contributed by atoms with Gasteiger partial charge in [0.05, 0.1) is 10.6 Å². The first-order valence-corrected chi connectivity index (χ1v) is 10.8. The summed E-state index contributed by atoms with van der Waals surface area (Å²) < 4.78 is 0. The van der Waals surface area contributed by atoms with Gasteiger partial charge in [-0.05, 0) is 60.8 Å². The number of rotatable bonds is 6.